The Morgan fingerprint density at radius 2 is 1.93 bits per heavy atom. The number of fused-ring (bicyclic) bond motifs is 1. The number of carbonyl (C=O) groups is 3. The highest BCUT2D eigenvalue weighted by atomic mass is 35.5. The average Bonchev–Trinajstić information content (AvgIpc) is 3.60. The van der Waals surface area contributed by atoms with Crippen LogP contribution in [0.4, 0.5) is 5.69 Å². The number of amides is 3. The summed E-state index contributed by atoms with van der Waals surface area (Å²) < 4.78 is 6.51. The Kier molecular flexibility index (Phi) is 7.68. The number of halogens is 1. The van der Waals surface area contributed by atoms with E-state index in [-0.39, 0.29) is 30.3 Å². The van der Waals surface area contributed by atoms with Crippen molar-refractivity contribution in [1.82, 2.24) is 10.2 Å². The number of hydrogen-bond acceptors (Lipinski definition) is 5. The number of hydrogen-bond donors (Lipinski definition) is 2. The van der Waals surface area contributed by atoms with E-state index in [1.54, 1.807) is 22.7 Å². The summed E-state index contributed by atoms with van der Waals surface area (Å²) in [6.07, 6.45) is 8.18. The van der Waals surface area contributed by atoms with Gasteiger partial charge in [-0.2, -0.15) is 0 Å². The van der Waals surface area contributed by atoms with E-state index in [0.29, 0.717) is 22.5 Å². The third kappa shape index (κ3) is 4.88. The van der Waals surface area contributed by atoms with Crippen LogP contribution in [-0.2, 0) is 25.7 Å². The standard InChI is InChI=1S/C32H36ClN3O4S/c1-18-8-6-13-24(19(18)2)35-30(38)28-32-15-14-25(40-32)26(29(37)34-21-10-7-11-22(16-21)41-3)27(32)31(39)36(28)17-20-9-4-5-12-23(20)33/h4-5,7,9-12,14-16,18-19,24-28H,6,8,13,17H2,1-3H3,(H,34,37)(H,35,38)/t18-,19-,24-,25+,26-,27+,28+,32+/m1/s1. The molecular formula is C32H36ClN3O4S. The molecule has 4 aliphatic rings. The molecule has 2 aromatic carbocycles. The molecule has 7 nitrogen and oxygen atoms in total. The minimum absolute atomic E-state index is 0.0179. The third-order valence-corrected chi connectivity index (χ3v) is 10.7. The highest BCUT2D eigenvalue weighted by Gasteiger charge is 2.72. The van der Waals surface area contributed by atoms with Gasteiger partial charge >= 0.3 is 0 Å². The molecule has 6 rings (SSSR count). The van der Waals surface area contributed by atoms with Gasteiger partial charge in [0, 0.05) is 28.2 Å². The number of benzene rings is 2. The van der Waals surface area contributed by atoms with Crippen LogP contribution < -0.4 is 10.6 Å². The largest absolute Gasteiger partial charge is 0.359 e. The smallest absolute Gasteiger partial charge is 0.246 e. The fraction of sp³-hybridized carbons (Fsp3) is 0.469. The van der Waals surface area contributed by atoms with Crippen LogP contribution in [0.2, 0.25) is 5.02 Å². The van der Waals surface area contributed by atoms with E-state index in [1.807, 2.05) is 60.9 Å². The van der Waals surface area contributed by atoms with Crippen LogP contribution in [0.25, 0.3) is 0 Å². The molecule has 3 amide bonds. The van der Waals surface area contributed by atoms with E-state index < -0.39 is 29.6 Å². The molecule has 3 aliphatic heterocycles. The van der Waals surface area contributed by atoms with E-state index in [9.17, 15) is 14.4 Å². The molecule has 2 bridgehead atoms. The molecule has 216 valence electrons. The molecule has 41 heavy (non-hydrogen) atoms. The van der Waals surface area contributed by atoms with Crippen LogP contribution in [0.3, 0.4) is 0 Å². The number of likely N-dealkylation sites (tertiary alicyclic amines) is 1. The maximum Gasteiger partial charge on any atom is 0.246 e. The van der Waals surface area contributed by atoms with Crippen molar-refractivity contribution in [1.29, 1.82) is 0 Å². The quantitative estimate of drug-likeness (QED) is 0.336. The van der Waals surface area contributed by atoms with Crippen molar-refractivity contribution in [2.45, 2.75) is 68.3 Å². The first kappa shape index (κ1) is 28.3. The molecule has 8 atom stereocenters. The molecule has 0 aromatic heterocycles. The number of anilines is 1. The molecule has 2 N–H and O–H groups in total. The Morgan fingerprint density at radius 1 is 1.12 bits per heavy atom. The van der Waals surface area contributed by atoms with Gasteiger partial charge in [0.25, 0.3) is 0 Å². The first-order valence-electron chi connectivity index (χ1n) is 14.4. The Labute approximate surface area is 250 Å². The maximum atomic E-state index is 14.3. The molecule has 9 heteroatoms. The predicted molar refractivity (Wildman–Crippen MR) is 160 cm³/mol. The average molecular weight is 594 g/mol. The topological polar surface area (TPSA) is 87.7 Å². The molecule has 1 aliphatic carbocycles. The summed E-state index contributed by atoms with van der Waals surface area (Å²) in [6.45, 7) is 4.56. The second kappa shape index (κ2) is 11.1. The lowest BCUT2D eigenvalue weighted by Gasteiger charge is -2.38. The first-order chi connectivity index (χ1) is 19.7. The normalized spacial score (nSPS) is 33.6. The highest BCUT2D eigenvalue weighted by molar-refractivity contribution is 7.98. The number of rotatable bonds is 7. The maximum absolute atomic E-state index is 14.3. The zero-order chi connectivity index (χ0) is 28.9. The second-order valence-corrected chi connectivity index (χ2v) is 13.1. The van der Waals surface area contributed by atoms with Crippen LogP contribution in [0.1, 0.15) is 38.7 Å². The summed E-state index contributed by atoms with van der Waals surface area (Å²) in [5.74, 6) is -1.54. The van der Waals surface area contributed by atoms with Gasteiger partial charge in [-0.1, -0.05) is 74.7 Å². The molecule has 3 heterocycles. The number of nitrogens with one attached hydrogen (secondary N) is 2. The van der Waals surface area contributed by atoms with Crippen molar-refractivity contribution in [3.05, 3.63) is 71.3 Å². The van der Waals surface area contributed by atoms with Crippen LogP contribution in [0, 0.1) is 23.7 Å². The van der Waals surface area contributed by atoms with Gasteiger partial charge in [-0.3, -0.25) is 14.4 Å². The highest BCUT2D eigenvalue weighted by Crippen LogP contribution is 2.55. The van der Waals surface area contributed by atoms with Crippen molar-refractivity contribution in [2.75, 3.05) is 11.6 Å². The zero-order valence-electron chi connectivity index (χ0n) is 23.5. The van der Waals surface area contributed by atoms with Crippen molar-refractivity contribution in [3.63, 3.8) is 0 Å². The van der Waals surface area contributed by atoms with E-state index >= 15 is 0 Å². The molecule has 0 unspecified atom stereocenters. The van der Waals surface area contributed by atoms with Gasteiger partial charge < -0.3 is 20.3 Å². The Morgan fingerprint density at radius 3 is 2.71 bits per heavy atom. The third-order valence-electron chi connectivity index (χ3n) is 9.60. The van der Waals surface area contributed by atoms with E-state index in [1.165, 1.54) is 0 Å². The van der Waals surface area contributed by atoms with Gasteiger partial charge in [0.05, 0.1) is 17.9 Å². The summed E-state index contributed by atoms with van der Waals surface area (Å²) in [4.78, 5) is 44.9. The zero-order valence-corrected chi connectivity index (χ0v) is 25.1. The molecule has 1 spiro atoms. The number of nitrogens with zero attached hydrogens (tertiary/aromatic N) is 1. The number of ether oxygens (including phenoxy) is 1. The minimum atomic E-state index is -1.22. The van der Waals surface area contributed by atoms with Crippen LogP contribution in [0.5, 0.6) is 0 Å². The summed E-state index contributed by atoms with van der Waals surface area (Å²) in [5.41, 5.74) is 0.181. The van der Waals surface area contributed by atoms with Crippen LogP contribution in [0.15, 0.2) is 65.6 Å². The lowest BCUT2D eigenvalue weighted by atomic mass is 9.73. The lowest BCUT2D eigenvalue weighted by molar-refractivity contribution is -0.142. The Hall–Kier alpha value is -2.81. The van der Waals surface area contributed by atoms with E-state index in [0.717, 1.165) is 29.7 Å². The van der Waals surface area contributed by atoms with E-state index in [2.05, 4.69) is 24.5 Å². The molecule has 2 saturated heterocycles. The molecule has 1 saturated carbocycles. The van der Waals surface area contributed by atoms with Gasteiger partial charge in [0.15, 0.2) is 0 Å². The summed E-state index contributed by atoms with van der Waals surface area (Å²) in [7, 11) is 0. The van der Waals surface area contributed by atoms with E-state index in [4.69, 9.17) is 16.3 Å². The van der Waals surface area contributed by atoms with Gasteiger partial charge in [-0.05, 0) is 54.3 Å². The lowest BCUT2D eigenvalue weighted by Crippen LogP contribution is -2.57. The van der Waals surface area contributed by atoms with Crippen molar-refractivity contribution in [2.24, 2.45) is 23.7 Å². The Bertz CT molecular complexity index is 1400. The van der Waals surface area contributed by atoms with Gasteiger partial charge in [-0.25, -0.2) is 0 Å². The SMILES string of the molecule is CSc1cccc(NC(=O)[C@@H]2[C@@H]3C=C[C@]4(O3)[C@@H]2C(=O)N(Cc2ccccc2Cl)[C@H]4C(=O)N[C@@H]2CCC[C@@H](C)[C@H]2C)c1. The molecule has 2 aromatic rings. The first-order valence-corrected chi connectivity index (χ1v) is 16.0. The monoisotopic (exact) mass is 593 g/mol. The molecule has 3 fully saturated rings. The summed E-state index contributed by atoms with van der Waals surface area (Å²) in [5, 5.41) is 6.83. The number of thioether (sulfide) groups is 1. The van der Waals surface area contributed by atoms with Crippen molar-refractivity contribution in [3.8, 4) is 0 Å². The predicted octanol–water partition coefficient (Wildman–Crippen LogP) is 5.29. The van der Waals surface area contributed by atoms with Crippen LogP contribution >= 0.6 is 23.4 Å². The second-order valence-electron chi connectivity index (χ2n) is 11.9. The van der Waals surface area contributed by atoms with Gasteiger partial charge in [0.1, 0.15) is 11.6 Å². The fourth-order valence-electron chi connectivity index (χ4n) is 7.22. The van der Waals surface area contributed by atoms with Crippen LogP contribution in [-0.4, -0.2) is 52.7 Å². The van der Waals surface area contributed by atoms with Crippen molar-refractivity contribution < 1.29 is 19.1 Å². The molecular weight excluding hydrogens is 558 g/mol. The summed E-state index contributed by atoms with van der Waals surface area (Å²) in [6, 6.07) is 14.0. The Balaban J connectivity index is 1.33. The molecule has 0 radical (unpaired) electrons. The van der Waals surface area contributed by atoms with Gasteiger partial charge in [-0.15, -0.1) is 11.8 Å². The van der Waals surface area contributed by atoms with Gasteiger partial charge in [0.2, 0.25) is 17.7 Å². The number of carbonyl (C=O) groups excluding carboxylic acids is 3. The summed E-state index contributed by atoms with van der Waals surface area (Å²) >= 11 is 8.10. The fourth-order valence-corrected chi connectivity index (χ4v) is 7.88. The minimum Gasteiger partial charge on any atom is -0.359 e. The van der Waals surface area contributed by atoms with Crippen molar-refractivity contribution >= 4 is 46.8 Å².